The normalized spacial score (nSPS) is 16.9. The largest absolute Gasteiger partial charge is 0.300 e. The summed E-state index contributed by atoms with van der Waals surface area (Å²) >= 11 is 5.84. The Bertz CT molecular complexity index is 463. The summed E-state index contributed by atoms with van der Waals surface area (Å²) in [6.07, 6.45) is 1.90. The Morgan fingerprint density at radius 1 is 1.53 bits per heavy atom. The average molecular weight is 253 g/mol. The third-order valence-electron chi connectivity index (χ3n) is 3.11. The molecule has 1 aromatic rings. The average Bonchev–Trinajstić information content (AvgIpc) is 3.04. The molecule has 2 rings (SSSR count). The molecule has 1 aliphatic carbocycles. The number of halogens is 2. The second-order valence-electron chi connectivity index (χ2n) is 4.80. The minimum Gasteiger partial charge on any atom is -0.300 e. The lowest BCUT2D eigenvalue weighted by atomic mass is 10.1. The van der Waals surface area contributed by atoms with Crippen molar-refractivity contribution < 1.29 is 4.39 Å². The number of nitriles is 1. The maximum atomic E-state index is 13.5. The molecular weight excluding hydrogens is 239 g/mol. The molecule has 0 aliphatic heterocycles. The fourth-order valence-electron chi connectivity index (χ4n) is 1.98. The van der Waals surface area contributed by atoms with Crippen LogP contribution in [0.5, 0.6) is 0 Å². The van der Waals surface area contributed by atoms with E-state index in [2.05, 4.69) is 6.07 Å². The number of rotatable bonds is 4. The quantitative estimate of drug-likeness (QED) is 0.823. The molecule has 17 heavy (non-hydrogen) atoms. The van der Waals surface area contributed by atoms with E-state index in [0.717, 1.165) is 12.8 Å². The van der Waals surface area contributed by atoms with Crippen LogP contribution < -0.4 is 0 Å². The molecule has 0 bridgehead atoms. The van der Waals surface area contributed by atoms with Gasteiger partial charge in [0, 0.05) is 23.7 Å². The summed E-state index contributed by atoms with van der Waals surface area (Å²) < 4.78 is 13.5. The van der Waals surface area contributed by atoms with Crippen LogP contribution in [0, 0.1) is 22.6 Å². The van der Waals surface area contributed by atoms with Crippen LogP contribution in [0.4, 0.5) is 4.39 Å². The molecule has 1 fully saturated rings. The zero-order valence-corrected chi connectivity index (χ0v) is 10.5. The number of nitrogens with zero attached hydrogens (tertiary/aromatic N) is 2. The minimum atomic E-state index is -0.247. The lowest BCUT2D eigenvalue weighted by molar-refractivity contribution is 0.282. The van der Waals surface area contributed by atoms with Crippen LogP contribution in [-0.2, 0) is 6.54 Å². The van der Waals surface area contributed by atoms with E-state index >= 15 is 0 Å². The van der Waals surface area contributed by atoms with Crippen LogP contribution in [0.25, 0.3) is 0 Å². The van der Waals surface area contributed by atoms with Gasteiger partial charge in [-0.05, 0) is 38.1 Å². The van der Waals surface area contributed by atoms with Gasteiger partial charge < -0.3 is 4.90 Å². The predicted octanol–water partition coefficient (Wildman–Crippen LogP) is 3.21. The first kappa shape index (κ1) is 12.3. The van der Waals surface area contributed by atoms with Gasteiger partial charge in [-0.3, -0.25) is 0 Å². The van der Waals surface area contributed by atoms with Gasteiger partial charge in [-0.1, -0.05) is 11.6 Å². The Kier molecular flexibility index (Phi) is 3.37. The first-order valence-electron chi connectivity index (χ1n) is 5.58. The Balaban J connectivity index is 2.01. The molecule has 0 unspecified atom stereocenters. The van der Waals surface area contributed by atoms with Crippen LogP contribution in [0.1, 0.15) is 18.4 Å². The summed E-state index contributed by atoms with van der Waals surface area (Å²) in [5, 5.41) is 9.54. The first-order chi connectivity index (χ1) is 8.04. The van der Waals surface area contributed by atoms with Crippen molar-refractivity contribution in [1.29, 1.82) is 5.26 Å². The first-order valence-corrected chi connectivity index (χ1v) is 5.96. The molecule has 0 heterocycles. The van der Waals surface area contributed by atoms with Crippen molar-refractivity contribution in [2.24, 2.45) is 5.41 Å². The highest BCUT2D eigenvalue weighted by molar-refractivity contribution is 6.30. The Morgan fingerprint density at radius 3 is 2.82 bits per heavy atom. The van der Waals surface area contributed by atoms with E-state index in [0.29, 0.717) is 23.7 Å². The SMILES string of the molecule is CN(Cc1cc(Cl)ccc1F)CC1(C#N)CC1. The second kappa shape index (κ2) is 4.64. The molecule has 2 nitrogen and oxygen atoms in total. The second-order valence-corrected chi connectivity index (χ2v) is 5.24. The van der Waals surface area contributed by atoms with Gasteiger partial charge in [0.1, 0.15) is 5.82 Å². The Morgan fingerprint density at radius 2 is 2.24 bits per heavy atom. The topological polar surface area (TPSA) is 27.0 Å². The van der Waals surface area contributed by atoms with Gasteiger partial charge in [0.25, 0.3) is 0 Å². The van der Waals surface area contributed by atoms with E-state index in [4.69, 9.17) is 16.9 Å². The molecule has 1 aliphatic rings. The van der Waals surface area contributed by atoms with E-state index in [-0.39, 0.29) is 11.2 Å². The van der Waals surface area contributed by atoms with Crippen molar-refractivity contribution in [1.82, 2.24) is 4.90 Å². The fraction of sp³-hybridized carbons (Fsp3) is 0.462. The van der Waals surface area contributed by atoms with E-state index < -0.39 is 0 Å². The minimum absolute atomic E-state index is 0.191. The third-order valence-corrected chi connectivity index (χ3v) is 3.35. The van der Waals surface area contributed by atoms with Crippen LogP contribution in [-0.4, -0.2) is 18.5 Å². The van der Waals surface area contributed by atoms with Crippen molar-refractivity contribution >= 4 is 11.6 Å². The fourth-order valence-corrected chi connectivity index (χ4v) is 2.18. The number of benzene rings is 1. The zero-order chi connectivity index (χ0) is 12.5. The molecule has 0 atom stereocenters. The van der Waals surface area contributed by atoms with Crippen molar-refractivity contribution in [3.8, 4) is 6.07 Å². The lowest BCUT2D eigenvalue weighted by Crippen LogP contribution is -2.26. The van der Waals surface area contributed by atoms with Crippen LogP contribution in [0.3, 0.4) is 0 Å². The molecule has 0 saturated heterocycles. The van der Waals surface area contributed by atoms with Crippen molar-refractivity contribution in [3.05, 3.63) is 34.6 Å². The molecule has 0 N–H and O–H groups in total. The summed E-state index contributed by atoms with van der Waals surface area (Å²) in [5.74, 6) is -0.247. The Hall–Kier alpha value is -1.11. The summed E-state index contributed by atoms with van der Waals surface area (Å²) in [7, 11) is 1.90. The van der Waals surface area contributed by atoms with Gasteiger partial charge in [0.05, 0.1) is 11.5 Å². The monoisotopic (exact) mass is 252 g/mol. The Labute approximate surface area is 106 Å². The molecule has 0 radical (unpaired) electrons. The molecule has 90 valence electrons. The lowest BCUT2D eigenvalue weighted by Gasteiger charge is -2.19. The molecule has 0 spiro atoms. The van der Waals surface area contributed by atoms with Gasteiger partial charge in [-0.2, -0.15) is 5.26 Å². The van der Waals surface area contributed by atoms with Crippen LogP contribution in [0.15, 0.2) is 18.2 Å². The number of hydrogen-bond acceptors (Lipinski definition) is 2. The maximum Gasteiger partial charge on any atom is 0.127 e. The number of hydrogen-bond donors (Lipinski definition) is 0. The molecule has 0 aromatic heterocycles. The van der Waals surface area contributed by atoms with Gasteiger partial charge in [-0.15, -0.1) is 0 Å². The van der Waals surface area contributed by atoms with Crippen LogP contribution in [0.2, 0.25) is 5.02 Å². The standard InChI is InChI=1S/C13H14ClFN2/c1-17(9-13(8-16)4-5-13)7-10-6-11(14)2-3-12(10)15/h2-3,6H,4-5,7,9H2,1H3. The van der Waals surface area contributed by atoms with Gasteiger partial charge in [0.15, 0.2) is 0 Å². The molecular formula is C13H14ClFN2. The van der Waals surface area contributed by atoms with E-state index in [1.165, 1.54) is 12.1 Å². The van der Waals surface area contributed by atoms with Gasteiger partial charge >= 0.3 is 0 Å². The smallest absolute Gasteiger partial charge is 0.127 e. The third kappa shape index (κ3) is 2.96. The molecule has 1 aromatic carbocycles. The molecule has 4 heteroatoms. The van der Waals surface area contributed by atoms with Crippen molar-refractivity contribution in [2.45, 2.75) is 19.4 Å². The van der Waals surface area contributed by atoms with E-state index in [9.17, 15) is 4.39 Å². The van der Waals surface area contributed by atoms with Gasteiger partial charge in [0.2, 0.25) is 0 Å². The highest BCUT2D eigenvalue weighted by atomic mass is 35.5. The highest BCUT2D eigenvalue weighted by Crippen LogP contribution is 2.45. The van der Waals surface area contributed by atoms with Crippen molar-refractivity contribution in [3.63, 3.8) is 0 Å². The zero-order valence-electron chi connectivity index (χ0n) is 9.71. The van der Waals surface area contributed by atoms with E-state index in [1.807, 2.05) is 11.9 Å². The maximum absolute atomic E-state index is 13.5. The summed E-state index contributed by atoms with van der Waals surface area (Å²) in [6.45, 7) is 1.17. The molecule has 0 amide bonds. The van der Waals surface area contributed by atoms with E-state index in [1.54, 1.807) is 6.07 Å². The van der Waals surface area contributed by atoms with Gasteiger partial charge in [-0.25, -0.2) is 4.39 Å². The summed E-state index contributed by atoms with van der Waals surface area (Å²) in [5.41, 5.74) is 0.387. The predicted molar refractivity (Wildman–Crippen MR) is 65.0 cm³/mol. The van der Waals surface area contributed by atoms with Crippen molar-refractivity contribution in [2.75, 3.05) is 13.6 Å². The summed E-state index contributed by atoms with van der Waals surface area (Å²) in [6, 6.07) is 6.89. The summed E-state index contributed by atoms with van der Waals surface area (Å²) in [4.78, 5) is 1.98. The van der Waals surface area contributed by atoms with Crippen LogP contribution >= 0.6 is 11.6 Å². The molecule has 1 saturated carbocycles. The highest BCUT2D eigenvalue weighted by Gasteiger charge is 2.43.